The van der Waals surface area contributed by atoms with Crippen LogP contribution in [-0.2, 0) is 0 Å². The fourth-order valence-corrected chi connectivity index (χ4v) is 3.76. The third kappa shape index (κ3) is 2.66. The van der Waals surface area contributed by atoms with Crippen LogP contribution in [0.4, 0.5) is 5.82 Å². The van der Waals surface area contributed by atoms with E-state index >= 15 is 0 Å². The highest BCUT2D eigenvalue weighted by Crippen LogP contribution is 2.34. The number of hydrogen-bond acceptors (Lipinski definition) is 2. The largest absolute Gasteiger partial charge is 0.353 e. The van der Waals surface area contributed by atoms with Crippen molar-refractivity contribution in [2.24, 2.45) is 0 Å². The van der Waals surface area contributed by atoms with Crippen LogP contribution in [0.15, 0.2) is 34.9 Å². The van der Waals surface area contributed by atoms with E-state index in [0.717, 1.165) is 35.6 Å². The predicted molar refractivity (Wildman–Crippen MR) is 89.8 cm³/mol. The van der Waals surface area contributed by atoms with E-state index in [0.29, 0.717) is 6.04 Å². The normalized spacial score (nSPS) is 18.9. The quantitative estimate of drug-likeness (QED) is 0.720. The van der Waals surface area contributed by atoms with Crippen molar-refractivity contribution in [3.8, 4) is 0 Å². The standard InChI is InChI=1S/C16H18BrClN2/c17-15-7-1-6-14-13(15)8-10-19-16(14)20-11-3-5-12(20)4-2-9-18/h1,6-8,10,12H,2-5,9,11H2. The SMILES string of the molecule is ClCCCC1CCCN1c1nccc2c(Br)cccc12. The summed E-state index contributed by atoms with van der Waals surface area (Å²) in [7, 11) is 0. The van der Waals surface area contributed by atoms with E-state index < -0.39 is 0 Å². The topological polar surface area (TPSA) is 16.1 Å². The van der Waals surface area contributed by atoms with E-state index in [9.17, 15) is 0 Å². The molecule has 0 bridgehead atoms. The molecule has 0 saturated carbocycles. The van der Waals surface area contributed by atoms with Crippen molar-refractivity contribution in [1.29, 1.82) is 0 Å². The molecule has 2 heterocycles. The summed E-state index contributed by atoms with van der Waals surface area (Å²) in [5.74, 6) is 1.87. The fraction of sp³-hybridized carbons (Fsp3) is 0.438. The molecule has 2 aromatic rings. The van der Waals surface area contributed by atoms with E-state index in [1.807, 2.05) is 6.20 Å². The van der Waals surface area contributed by atoms with Gasteiger partial charge in [-0.3, -0.25) is 0 Å². The number of alkyl halides is 1. The van der Waals surface area contributed by atoms with Crippen molar-refractivity contribution < 1.29 is 0 Å². The Labute approximate surface area is 133 Å². The Morgan fingerprint density at radius 3 is 3.05 bits per heavy atom. The second-order valence-electron chi connectivity index (χ2n) is 5.29. The predicted octanol–water partition coefficient (Wildman–Crippen LogP) is 4.99. The first-order valence-electron chi connectivity index (χ1n) is 7.17. The van der Waals surface area contributed by atoms with Gasteiger partial charge in [-0.2, -0.15) is 0 Å². The Morgan fingerprint density at radius 1 is 1.30 bits per heavy atom. The first kappa shape index (κ1) is 14.2. The Kier molecular flexibility index (Phi) is 4.47. The molecule has 106 valence electrons. The van der Waals surface area contributed by atoms with Gasteiger partial charge in [-0.25, -0.2) is 4.98 Å². The lowest BCUT2D eigenvalue weighted by atomic mass is 10.1. The number of fused-ring (bicyclic) bond motifs is 1. The van der Waals surface area contributed by atoms with Crippen molar-refractivity contribution in [3.05, 3.63) is 34.9 Å². The molecule has 4 heteroatoms. The third-order valence-electron chi connectivity index (χ3n) is 4.05. The van der Waals surface area contributed by atoms with E-state index in [2.05, 4.69) is 50.1 Å². The van der Waals surface area contributed by atoms with E-state index in [1.165, 1.54) is 23.6 Å². The molecule has 0 spiro atoms. The highest BCUT2D eigenvalue weighted by atomic mass is 79.9. The Balaban J connectivity index is 1.99. The van der Waals surface area contributed by atoms with Crippen LogP contribution in [0.2, 0.25) is 0 Å². The zero-order valence-corrected chi connectivity index (χ0v) is 13.7. The van der Waals surface area contributed by atoms with Crippen LogP contribution in [0.1, 0.15) is 25.7 Å². The molecular formula is C16H18BrClN2. The van der Waals surface area contributed by atoms with Gasteiger partial charge in [-0.15, -0.1) is 11.6 Å². The molecule has 0 aliphatic carbocycles. The molecule has 1 aliphatic heterocycles. The molecule has 1 atom stereocenters. The molecule has 1 aliphatic rings. The number of pyridine rings is 1. The first-order chi connectivity index (χ1) is 9.81. The van der Waals surface area contributed by atoms with E-state index in [-0.39, 0.29) is 0 Å². The minimum Gasteiger partial charge on any atom is -0.353 e. The molecule has 1 aromatic heterocycles. The van der Waals surface area contributed by atoms with Crippen LogP contribution in [0.25, 0.3) is 10.8 Å². The van der Waals surface area contributed by atoms with Gasteiger partial charge in [0.05, 0.1) is 0 Å². The minimum absolute atomic E-state index is 0.589. The summed E-state index contributed by atoms with van der Waals surface area (Å²) in [6.07, 6.45) is 6.66. The van der Waals surface area contributed by atoms with Crippen LogP contribution in [0.3, 0.4) is 0 Å². The van der Waals surface area contributed by atoms with Crippen molar-refractivity contribution in [2.45, 2.75) is 31.7 Å². The number of hydrogen-bond donors (Lipinski definition) is 0. The molecule has 1 saturated heterocycles. The lowest BCUT2D eigenvalue weighted by Gasteiger charge is -2.27. The van der Waals surface area contributed by atoms with Gasteiger partial charge in [0.2, 0.25) is 0 Å². The number of anilines is 1. The lowest BCUT2D eigenvalue weighted by Crippen LogP contribution is -2.30. The van der Waals surface area contributed by atoms with Gasteiger partial charge in [0.1, 0.15) is 5.82 Å². The first-order valence-corrected chi connectivity index (χ1v) is 8.50. The smallest absolute Gasteiger partial charge is 0.136 e. The van der Waals surface area contributed by atoms with Gasteiger partial charge in [-0.05, 0) is 37.8 Å². The zero-order chi connectivity index (χ0) is 13.9. The van der Waals surface area contributed by atoms with Crippen molar-refractivity contribution in [2.75, 3.05) is 17.3 Å². The molecule has 0 radical (unpaired) electrons. The molecule has 0 N–H and O–H groups in total. The molecule has 20 heavy (non-hydrogen) atoms. The van der Waals surface area contributed by atoms with Crippen molar-refractivity contribution >= 4 is 44.1 Å². The summed E-state index contributed by atoms with van der Waals surface area (Å²) < 4.78 is 1.13. The Morgan fingerprint density at radius 2 is 2.20 bits per heavy atom. The molecule has 3 rings (SSSR count). The lowest BCUT2D eigenvalue weighted by molar-refractivity contribution is 0.599. The average Bonchev–Trinajstić information content (AvgIpc) is 2.93. The van der Waals surface area contributed by atoms with Crippen LogP contribution < -0.4 is 4.90 Å². The number of aromatic nitrogens is 1. The summed E-state index contributed by atoms with van der Waals surface area (Å²) >= 11 is 9.48. The van der Waals surface area contributed by atoms with Gasteiger partial charge in [0.15, 0.2) is 0 Å². The summed E-state index contributed by atoms with van der Waals surface area (Å²) in [6, 6.07) is 9.00. The summed E-state index contributed by atoms with van der Waals surface area (Å²) in [4.78, 5) is 7.13. The molecule has 1 unspecified atom stereocenters. The monoisotopic (exact) mass is 352 g/mol. The van der Waals surface area contributed by atoms with Gasteiger partial charge in [-0.1, -0.05) is 28.1 Å². The molecule has 2 nitrogen and oxygen atoms in total. The van der Waals surface area contributed by atoms with Gasteiger partial charge in [0, 0.05) is 39.9 Å². The van der Waals surface area contributed by atoms with Crippen LogP contribution >= 0.6 is 27.5 Å². The van der Waals surface area contributed by atoms with Gasteiger partial charge in [0.25, 0.3) is 0 Å². The van der Waals surface area contributed by atoms with Crippen LogP contribution in [-0.4, -0.2) is 23.5 Å². The maximum absolute atomic E-state index is 5.85. The van der Waals surface area contributed by atoms with Crippen molar-refractivity contribution in [1.82, 2.24) is 4.98 Å². The Hall–Kier alpha value is -0.800. The second kappa shape index (κ2) is 6.31. The minimum atomic E-state index is 0.589. The number of rotatable bonds is 4. The number of halogens is 2. The van der Waals surface area contributed by atoms with E-state index in [4.69, 9.17) is 11.6 Å². The van der Waals surface area contributed by atoms with E-state index in [1.54, 1.807) is 0 Å². The number of nitrogens with zero attached hydrogens (tertiary/aromatic N) is 2. The maximum atomic E-state index is 5.85. The third-order valence-corrected chi connectivity index (χ3v) is 5.01. The molecule has 0 amide bonds. The number of benzene rings is 1. The second-order valence-corrected chi connectivity index (χ2v) is 6.52. The highest BCUT2D eigenvalue weighted by Gasteiger charge is 2.26. The van der Waals surface area contributed by atoms with Gasteiger partial charge >= 0.3 is 0 Å². The molecule has 1 aromatic carbocycles. The van der Waals surface area contributed by atoms with Gasteiger partial charge < -0.3 is 4.90 Å². The highest BCUT2D eigenvalue weighted by molar-refractivity contribution is 9.10. The molecular weight excluding hydrogens is 336 g/mol. The average molecular weight is 354 g/mol. The van der Waals surface area contributed by atoms with Crippen LogP contribution in [0.5, 0.6) is 0 Å². The Bertz CT molecular complexity index is 602. The van der Waals surface area contributed by atoms with Crippen LogP contribution in [0, 0.1) is 0 Å². The van der Waals surface area contributed by atoms with Crippen molar-refractivity contribution in [3.63, 3.8) is 0 Å². The zero-order valence-electron chi connectivity index (χ0n) is 11.4. The maximum Gasteiger partial charge on any atom is 0.136 e. The summed E-state index contributed by atoms with van der Waals surface area (Å²) in [5, 5.41) is 2.47. The fourth-order valence-electron chi connectivity index (χ4n) is 3.11. The molecule has 1 fully saturated rings. The summed E-state index contributed by atoms with van der Waals surface area (Å²) in [6.45, 7) is 1.10. The summed E-state index contributed by atoms with van der Waals surface area (Å²) in [5.41, 5.74) is 0.